The van der Waals surface area contributed by atoms with Crippen molar-refractivity contribution in [3.05, 3.63) is 59.4 Å². The molecular weight excluding hydrogens is 336 g/mol. The van der Waals surface area contributed by atoms with Crippen LogP contribution in [0, 0.1) is 5.82 Å². The van der Waals surface area contributed by atoms with Gasteiger partial charge in [0.1, 0.15) is 11.5 Å². The molecule has 0 saturated carbocycles. The van der Waals surface area contributed by atoms with Gasteiger partial charge >= 0.3 is 6.18 Å². The fourth-order valence-electron chi connectivity index (χ4n) is 2.97. The number of aromatic nitrogens is 2. The van der Waals surface area contributed by atoms with Crippen LogP contribution in [0.25, 0.3) is 0 Å². The zero-order chi connectivity index (χ0) is 17.9. The Morgan fingerprint density at radius 3 is 2.32 bits per heavy atom. The molecule has 2 aromatic rings. The quantitative estimate of drug-likeness (QED) is 0.791. The Labute approximate surface area is 143 Å². The van der Waals surface area contributed by atoms with Crippen LogP contribution in [0.15, 0.2) is 36.8 Å². The van der Waals surface area contributed by atoms with Crippen molar-refractivity contribution >= 4 is 0 Å². The Bertz CT molecular complexity index is 712. The molecule has 3 rings (SSSR count). The lowest BCUT2D eigenvalue weighted by Gasteiger charge is -2.35. The largest absolute Gasteiger partial charge is 0.433 e. The molecule has 2 aromatic heterocycles. The highest BCUT2D eigenvalue weighted by Gasteiger charge is 2.35. The van der Waals surface area contributed by atoms with E-state index in [-0.39, 0.29) is 17.9 Å². The molecule has 0 radical (unpaired) electrons. The predicted octanol–water partition coefficient (Wildman–Crippen LogP) is 2.95. The average Bonchev–Trinajstić information content (AvgIpc) is 2.56. The van der Waals surface area contributed by atoms with Gasteiger partial charge < -0.3 is 0 Å². The van der Waals surface area contributed by atoms with E-state index in [4.69, 9.17) is 0 Å². The van der Waals surface area contributed by atoms with Crippen molar-refractivity contribution in [1.82, 2.24) is 19.8 Å². The molecule has 0 N–H and O–H groups in total. The molecule has 0 aliphatic carbocycles. The highest BCUT2D eigenvalue weighted by atomic mass is 19.4. The van der Waals surface area contributed by atoms with Crippen LogP contribution in [0.1, 0.15) is 16.8 Å². The zero-order valence-electron chi connectivity index (χ0n) is 13.5. The second-order valence-corrected chi connectivity index (χ2v) is 6.07. The lowest BCUT2D eigenvalue weighted by Crippen LogP contribution is -2.45. The number of halogens is 4. The first-order chi connectivity index (χ1) is 11.9. The molecule has 25 heavy (non-hydrogen) atoms. The van der Waals surface area contributed by atoms with Crippen LogP contribution in [0.3, 0.4) is 0 Å². The monoisotopic (exact) mass is 354 g/mol. The first-order valence-corrected chi connectivity index (χ1v) is 7.97. The van der Waals surface area contributed by atoms with Gasteiger partial charge in [-0.2, -0.15) is 13.2 Å². The van der Waals surface area contributed by atoms with Crippen LogP contribution in [0.4, 0.5) is 17.6 Å². The van der Waals surface area contributed by atoms with Crippen molar-refractivity contribution in [3.8, 4) is 0 Å². The highest BCUT2D eigenvalue weighted by Crippen LogP contribution is 2.30. The molecule has 8 heteroatoms. The number of rotatable bonds is 4. The number of hydrogen-bond donors (Lipinski definition) is 0. The van der Waals surface area contributed by atoms with Gasteiger partial charge in [0.25, 0.3) is 0 Å². The molecule has 1 fully saturated rings. The highest BCUT2D eigenvalue weighted by molar-refractivity contribution is 5.22. The number of pyridine rings is 2. The first kappa shape index (κ1) is 17.8. The minimum absolute atomic E-state index is 0.192. The van der Waals surface area contributed by atoms with Gasteiger partial charge in [-0.1, -0.05) is 6.07 Å². The van der Waals surface area contributed by atoms with Crippen LogP contribution in [-0.4, -0.2) is 45.9 Å². The molecule has 0 amide bonds. The van der Waals surface area contributed by atoms with Gasteiger partial charge in [-0.05, 0) is 23.3 Å². The van der Waals surface area contributed by atoms with E-state index in [0.717, 1.165) is 18.0 Å². The third-order valence-corrected chi connectivity index (χ3v) is 4.19. The topological polar surface area (TPSA) is 32.3 Å². The molecule has 0 atom stereocenters. The lowest BCUT2D eigenvalue weighted by molar-refractivity contribution is -0.142. The smallest absolute Gasteiger partial charge is 0.296 e. The Hall–Kier alpha value is -2.06. The molecule has 0 unspecified atom stereocenters. The third kappa shape index (κ3) is 4.73. The van der Waals surface area contributed by atoms with Gasteiger partial charge in [-0.3, -0.25) is 19.8 Å². The summed E-state index contributed by atoms with van der Waals surface area (Å²) < 4.78 is 52.2. The summed E-state index contributed by atoms with van der Waals surface area (Å²) in [6.07, 6.45) is -0.492. The molecule has 1 aliphatic heterocycles. The van der Waals surface area contributed by atoms with E-state index in [1.165, 1.54) is 18.2 Å². The molecular formula is C17H18F4N4. The SMILES string of the molecule is Fc1cncc(CN2CCN(Cc3cccnc3C(F)(F)F)CC2)c1. The maximum absolute atomic E-state index is 13.2. The van der Waals surface area contributed by atoms with Crippen molar-refractivity contribution in [2.75, 3.05) is 26.2 Å². The molecule has 0 spiro atoms. The fraction of sp³-hybridized carbons (Fsp3) is 0.412. The fourth-order valence-corrected chi connectivity index (χ4v) is 2.97. The molecule has 1 aliphatic rings. The maximum atomic E-state index is 13.2. The summed E-state index contributed by atoms with van der Waals surface area (Å²) in [7, 11) is 0. The lowest BCUT2D eigenvalue weighted by atomic mass is 10.1. The number of hydrogen-bond acceptors (Lipinski definition) is 4. The van der Waals surface area contributed by atoms with Gasteiger partial charge in [0.15, 0.2) is 0 Å². The Morgan fingerprint density at radius 1 is 1.00 bits per heavy atom. The maximum Gasteiger partial charge on any atom is 0.433 e. The van der Waals surface area contributed by atoms with Gasteiger partial charge in [0.05, 0.1) is 6.20 Å². The molecule has 0 aromatic carbocycles. The first-order valence-electron chi connectivity index (χ1n) is 7.97. The summed E-state index contributed by atoms with van der Waals surface area (Å²) in [6.45, 7) is 3.51. The zero-order valence-corrected chi connectivity index (χ0v) is 13.5. The summed E-state index contributed by atoms with van der Waals surface area (Å²) in [6, 6.07) is 4.45. The molecule has 134 valence electrons. The summed E-state index contributed by atoms with van der Waals surface area (Å²) in [5.74, 6) is -0.368. The molecule has 0 bridgehead atoms. The van der Waals surface area contributed by atoms with Gasteiger partial charge in [-0.25, -0.2) is 4.39 Å². The summed E-state index contributed by atoms with van der Waals surface area (Å²) >= 11 is 0. The summed E-state index contributed by atoms with van der Waals surface area (Å²) in [4.78, 5) is 11.4. The molecule has 3 heterocycles. The van der Waals surface area contributed by atoms with E-state index in [1.807, 2.05) is 4.90 Å². The number of piperazine rings is 1. The van der Waals surface area contributed by atoms with E-state index < -0.39 is 11.9 Å². The van der Waals surface area contributed by atoms with Gasteiger partial charge in [0.2, 0.25) is 0 Å². The normalized spacial score (nSPS) is 17.0. The summed E-state index contributed by atoms with van der Waals surface area (Å²) in [5, 5.41) is 0. The van der Waals surface area contributed by atoms with E-state index in [0.29, 0.717) is 32.7 Å². The third-order valence-electron chi connectivity index (χ3n) is 4.19. The van der Waals surface area contributed by atoms with Crippen LogP contribution in [0.5, 0.6) is 0 Å². The van der Waals surface area contributed by atoms with Crippen molar-refractivity contribution in [2.24, 2.45) is 0 Å². The van der Waals surface area contributed by atoms with Crippen LogP contribution < -0.4 is 0 Å². The summed E-state index contributed by atoms with van der Waals surface area (Å²) in [5.41, 5.74) is 0.168. The number of alkyl halides is 3. The van der Waals surface area contributed by atoms with Gasteiger partial charge in [0, 0.05) is 51.7 Å². The second kappa shape index (κ2) is 7.45. The second-order valence-electron chi connectivity index (χ2n) is 6.07. The molecule has 4 nitrogen and oxygen atoms in total. The average molecular weight is 354 g/mol. The van der Waals surface area contributed by atoms with Crippen LogP contribution >= 0.6 is 0 Å². The van der Waals surface area contributed by atoms with Crippen molar-refractivity contribution in [1.29, 1.82) is 0 Å². The minimum Gasteiger partial charge on any atom is -0.296 e. The predicted molar refractivity (Wildman–Crippen MR) is 84.0 cm³/mol. The van der Waals surface area contributed by atoms with Gasteiger partial charge in [-0.15, -0.1) is 0 Å². The van der Waals surface area contributed by atoms with Crippen molar-refractivity contribution < 1.29 is 17.6 Å². The van der Waals surface area contributed by atoms with Crippen molar-refractivity contribution in [2.45, 2.75) is 19.3 Å². The van der Waals surface area contributed by atoms with Crippen LogP contribution in [0.2, 0.25) is 0 Å². The van der Waals surface area contributed by atoms with Crippen LogP contribution in [-0.2, 0) is 19.3 Å². The van der Waals surface area contributed by atoms with E-state index in [9.17, 15) is 17.6 Å². The van der Waals surface area contributed by atoms with Crippen molar-refractivity contribution in [3.63, 3.8) is 0 Å². The standard InChI is InChI=1S/C17H18F4N4/c18-15-8-13(9-22-10-15)11-24-4-6-25(7-5-24)12-14-2-1-3-23-16(14)17(19,20)21/h1-3,8-10H,4-7,11-12H2. The Kier molecular flexibility index (Phi) is 5.29. The van der Waals surface area contributed by atoms with E-state index in [1.54, 1.807) is 6.20 Å². The Balaban J connectivity index is 1.57. The Morgan fingerprint density at radius 2 is 1.68 bits per heavy atom. The molecule has 1 saturated heterocycles. The minimum atomic E-state index is -4.44. The number of nitrogens with zero attached hydrogens (tertiary/aromatic N) is 4. The van der Waals surface area contributed by atoms with E-state index in [2.05, 4.69) is 14.9 Å². The van der Waals surface area contributed by atoms with E-state index >= 15 is 0 Å².